The van der Waals surface area contributed by atoms with Gasteiger partial charge in [-0.3, -0.25) is 9.59 Å². The second kappa shape index (κ2) is 9.31. The first-order valence-electron chi connectivity index (χ1n) is 8.28. The number of rotatable bonds is 12. The standard InChI is InChI=1S/C16H29NO6Si/c1-6-13-12-16(13,15(19)20-4)14(18)17-10-9-11-24(21-5,22-7-2)23-8-3/h6,13H,1,7-12H2,2-5H3,(H,17,18). The number of methoxy groups -OCH3 is 1. The van der Waals surface area contributed by atoms with Gasteiger partial charge in [0.05, 0.1) is 7.11 Å². The molecule has 1 rings (SSSR count). The van der Waals surface area contributed by atoms with Crippen LogP contribution >= 0.6 is 0 Å². The topological polar surface area (TPSA) is 83.1 Å². The highest BCUT2D eigenvalue weighted by atomic mass is 28.4. The third-order valence-corrected chi connectivity index (χ3v) is 7.28. The minimum atomic E-state index is -2.68. The van der Waals surface area contributed by atoms with E-state index in [1.165, 1.54) is 7.11 Å². The minimum absolute atomic E-state index is 0.163. The summed E-state index contributed by atoms with van der Waals surface area (Å²) in [5.74, 6) is -0.977. The molecule has 0 radical (unpaired) electrons. The molecule has 0 aromatic carbocycles. The predicted octanol–water partition coefficient (Wildman–Crippen LogP) is 1.52. The van der Waals surface area contributed by atoms with E-state index in [-0.39, 0.29) is 11.8 Å². The lowest BCUT2D eigenvalue weighted by Crippen LogP contribution is -2.46. The molecule has 0 spiro atoms. The maximum absolute atomic E-state index is 12.4. The number of amides is 1. The van der Waals surface area contributed by atoms with Crippen molar-refractivity contribution < 1.29 is 27.6 Å². The van der Waals surface area contributed by atoms with Crippen molar-refractivity contribution in [3.63, 3.8) is 0 Å². The Morgan fingerprint density at radius 2 is 1.92 bits per heavy atom. The third-order valence-electron chi connectivity index (χ3n) is 4.24. The van der Waals surface area contributed by atoms with Crippen LogP contribution in [0.1, 0.15) is 26.7 Å². The van der Waals surface area contributed by atoms with E-state index in [2.05, 4.69) is 11.9 Å². The van der Waals surface area contributed by atoms with Crippen molar-refractivity contribution in [3.05, 3.63) is 12.7 Å². The Balaban J connectivity index is 2.53. The first-order chi connectivity index (χ1) is 11.5. The molecule has 1 aliphatic carbocycles. The van der Waals surface area contributed by atoms with E-state index < -0.39 is 20.2 Å². The fourth-order valence-electron chi connectivity index (χ4n) is 2.85. The van der Waals surface area contributed by atoms with Crippen molar-refractivity contribution in [2.24, 2.45) is 11.3 Å². The molecule has 1 fully saturated rings. The number of esters is 1. The highest BCUT2D eigenvalue weighted by Gasteiger charge is 2.65. The summed E-state index contributed by atoms with van der Waals surface area (Å²) in [4.78, 5) is 24.3. The molecular formula is C16H29NO6Si. The maximum Gasteiger partial charge on any atom is 0.500 e. The number of ether oxygens (including phenoxy) is 1. The fourth-order valence-corrected chi connectivity index (χ4v) is 5.15. The van der Waals surface area contributed by atoms with Gasteiger partial charge in [0.25, 0.3) is 0 Å². The lowest BCUT2D eigenvalue weighted by atomic mass is 10.0. The minimum Gasteiger partial charge on any atom is -0.468 e. The Bertz CT molecular complexity index is 452. The highest BCUT2D eigenvalue weighted by molar-refractivity contribution is 6.60. The zero-order valence-corrected chi connectivity index (χ0v) is 16.1. The van der Waals surface area contributed by atoms with Crippen molar-refractivity contribution in [2.75, 3.05) is 34.0 Å². The van der Waals surface area contributed by atoms with Crippen LogP contribution in [-0.2, 0) is 27.6 Å². The monoisotopic (exact) mass is 359 g/mol. The lowest BCUT2D eigenvalue weighted by molar-refractivity contribution is -0.152. The summed E-state index contributed by atoms with van der Waals surface area (Å²) in [5, 5.41) is 2.81. The number of carbonyl (C=O) groups is 2. The molecule has 1 amide bonds. The zero-order valence-electron chi connectivity index (χ0n) is 15.1. The van der Waals surface area contributed by atoms with Gasteiger partial charge >= 0.3 is 14.8 Å². The van der Waals surface area contributed by atoms with Gasteiger partial charge in [0, 0.05) is 38.8 Å². The van der Waals surface area contributed by atoms with Crippen molar-refractivity contribution in [3.8, 4) is 0 Å². The summed E-state index contributed by atoms with van der Waals surface area (Å²) in [5.41, 5.74) is -1.11. The third kappa shape index (κ3) is 4.44. The highest BCUT2D eigenvalue weighted by Crippen LogP contribution is 2.54. The summed E-state index contributed by atoms with van der Waals surface area (Å²) in [6.07, 6.45) is 2.72. The lowest BCUT2D eigenvalue weighted by Gasteiger charge is -2.27. The van der Waals surface area contributed by atoms with E-state index in [1.807, 2.05) is 13.8 Å². The fraction of sp³-hybridized carbons (Fsp3) is 0.750. The van der Waals surface area contributed by atoms with Gasteiger partial charge in [-0.1, -0.05) is 6.08 Å². The van der Waals surface area contributed by atoms with E-state index in [1.54, 1.807) is 13.2 Å². The van der Waals surface area contributed by atoms with E-state index in [9.17, 15) is 9.59 Å². The smallest absolute Gasteiger partial charge is 0.468 e. The zero-order chi connectivity index (χ0) is 18.2. The largest absolute Gasteiger partial charge is 0.500 e. The summed E-state index contributed by atoms with van der Waals surface area (Å²) in [6.45, 7) is 8.89. The Morgan fingerprint density at radius 3 is 2.33 bits per heavy atom. The summed E-state index contributed by atoms with van der Waals surface area (Å²) < 4.78 is 21.6. The Morgan fingerprint density at radius 1 is 1.29 bits per heavy atom. The molecule has 0 bridgehead atoms. The first-order valence-corrected chi connectivity index (χ1v) is 10.2. The molecule has 24 heavy (non-hydrogen) atoms. The van der Waals surface area contributed by atoms with Crippen LogP contribution in [0.3, 0.4) is 0 Å². The van der Waals surface area contributed by atoms with Crippen LogP contribution in [0.5, 0.6) is 0 Å². The van der Waals surface area contributed by atoms with Crippen LogP contribution < -0.4 is 5.32 Å². The van der Waals surface area contributed by atoms with Crippen molar-refractivity contribution in [1.29, 1.82) is 0 Å². The maximum atomic E-state index is 12.4. The number of nitrogens with one attached hydrogen (secondary N) is 1. The van der Waals surface area contributed by atoms with Crippen LogP contribution in [0.25, 0.3) is 0 Å². The molecule has 2 atom stereocenters. The van der Waals surface area contributed by atoms with Crippen LogP contribution in [0.15, 0.2) is 12.7 Å². The molecule has 1 saturated carbocycles. The van der Waals surface area contributed by atoms with Gasteiger partial charge in [0.2, 0.25) is 5.91 Å². The van der Waals surface area contributed by atoms with Crippen LogP contribution in [0.2, 0.25) is 6.04 Å². The molecule has 0 heterocycles. The molecule has 8 heteroatoms. The van der Waals surface area contributed by atoms with Crippen molar-refractivity contribution >= 4 is 20.7 Å². The number of carbonyl (C=O) groups excluding carboxylic acids is 2. The Labute approximate surface area is 145 Å². The van der Waals surface area contributed by atoms with Gasteiger partial charge in [-0.25, -0.2) is 0 Å². The van der Waals surface area contributed by atoms with Crippen LogP contribution in [0, 0.1) is 11.3 Å². The molecule has 1 aliphatic rings. The van der Waals surface area contributed by atoms with E-state index in [0.717, 1.165) is 0 Å². The summed E-state index contributed by atoms with van der Waals surface area (Å²) in [6, 6.07) is 0.599. The summed E-state index contributed by atoms with van der Waals surface area (Å²) >= 11 is 0. The number of allylic oxidation sites excluding steroid dienone is 1. The first kappa shape index (κ1) is 20.8. The molecule has 0 aromatic heterocycles. The molecule has 138 valence electrons. The quantitative estimate of drug-likeness (QED) is 0.187. The van der Waals surface area contributed by atoms with Gasteiger partial charge in [-0.2, -0.15) is 0 Å². The van der Waals surface area contributed by atoms with E-state index in [4.69, 9.17) is 18.0 Å². The molecule has 1 N–H and O–H groups in total. The average Bonchev–Trinajstić information content (AvgIpc) is 3.34. The SMILES string of the molecule is C=CC1CC1(C(=O)NCCC[Si](OC)(OCC)OCC)C(=O)OC. The molecular weight excluding hydrogens is 330 g/mol. The van der Waals surface area contributed by atoms with E-state index in [0.29, 0.717) is 38.6 Å². The predicted molar refractivity (Wildman–Crippen MR) is 91.2 cm³/mol. The average molecular weight is 359 g/mol. The molecule has 0 saturated heterocycles. The van der Waals surface area contributed by atoms with Gasteiger partial charge in [-0.05, 0) is 26.7 Å². The Hall–Kier alpha value is -1.22. The van der Waals surface area contributed by atoms with Crippen molar-refractivity contribution in [1.82, 2.24) is 5.32 Å². The molecule has 2 unspecified atom stereocenters. The van der Waals surface area contributed by atoms with Gasteiger partial charge in [-0.15, -0.1) is 6.58 Å². The molecule has 0 aromatic rings. The van der Waals surface area contributed by atoms with Crippen LogP contribution in [0.4, 0.5) is 0 Å². The van der Waals surface area contributed by atoms with Gasteiger partial charge in [0.15, 0.2) is 5.41 Å². The molecule has 7 nitrogen and oxygen atoms in total. The van der Waals surface area contributed by atoms with Gasteiger partial charge in [0.1, 0.15) is 0 Å². The second-order valence-corrected chi connectivity index (χ2v) is 8.47. The van der Waals surface area contributed by atoms with E-state index >= 15 is 0 Å². The Kier molecular flexibility index (Phi) is 8.08. The van der Waals surface area contributed by atoms with Gasteiger partial charge < -0.3 is 23.3 Å². The summed E-state index contributed by atoms with van der Waals surface area (Å²) in [7, 11) is 0.195. The second-order valence-electron chi connectivity index (χ2n) is 5.62. The van der Waals surface area contributed by atoms with Crippen LogP contribution in [-0.4, -0.2) is 54.7 Å². The molecule has 0 aliphatic heterocycles. The number of hydrogen-bond acceptors (Lipinski definition) is 6. The number of hydrogen-bond donors (Lipinski definition) is 1. The van der Waals surface area contributed by atoms with Crippen molar-refractivity contribution in [2.45, 2.75) is 32.7 Å². The normalized spacial score (nSPS) is 22.8.